The number of benzene rings is 3. The Morgan fingerprint density at radius 1 is 1.11 bits per heavy atom. The summed E-state index contributed by atoms with van der Waals surface area (Å²) in [6, 6.07) is 20.9. The molecule has 0 atom stereocenters. The first kappa shape index (κ1) is 21.8. The molecule has 2 heterocycles. The molecule has 5 rings (SSSR count). The standard InChI is InChI=1S/C24H20N8O3/c1-2-34-18-12-10-16(11-13-18)21-20(27-31-32(21)23-22(25)29-35-30-23)24(33)28-26-14-17-8-5-7-15-6-3-4-9-19(15)17/h3-14H,2H2,1H3,(H2,25,29)(H,28,33)/b26-14-. The Morgan fingerprint density at radius 3 is 2.69 bits per heavy atom. The first-order chi connectivity index (χ1) is 17.2. The van der Waals surface area contributed by atoms with E-state index >= 15 is 0 Å². The lowest BCUT2D eigenvalue weighted by Gasteiger charge is -2.07. The minimum Gasteiger partial charge on any atom is -0.494 e. The van der Waals surface area contributed by atoms with E-state index in [0.717, 1.165) is 16.3 Å². The fourth-order valence-corrected chi connectivity index (χ4v) is 3.63. The number of carbonyl (C=O) groups excluding carboxylic acids is 1. The molecule has 11 heteroatoms. The summed E-state index contributed by atoms with van der Waals surface area (Å²) in [5, 5.41) is 21.7. The van der Waals surface area contributed by atoms with Gasteiger partial charge in [-0.05, 0) is 52.3 Å². The van der Waals surface area contributed by atoms with Crippen molar-refractivity contribution in [1.29, 1.82) is 0 Å². The second kappa shape index (κ2) is 9.43. The van der Waals surface area contributed by atoms with Gasteiger partial charge >= 0.3 is 0 Å². The number of anilines is 1. The van der Waals surface area contributed by atoms with Crippen molar-refractivity contribution in [2.75, 3.05) is 12.3 Å². The van der Waals surface area contributed by atoms with E-state index in [1.165, 1.54) is 4.68 Å². The van der Waals surface area contributed by atoms with Crippen molar-refractivity contribution < 1.29 is 14.2 Å². The molecule has 5 aromatic rings. The molecule has 0 saturated carbocycles. The third kappa shape index (κ3) is 4.29. The molecule has 0 unspecified atom stereocenters. The number of hydrogen-bond acceptors (Lipinski definition) is 9. The molecular formula is C24H20N8O3. The average molecular weight is 468 g/mol. The third-order valence-electron chi connectivity index (χ3n) is 5.21. The van der Waals surface area contributed by atoms with Crippen molar-refractivity contribution in [3.05, 3.63) is 78.0 Å². The molecule has 0 bridgehead atoms. The normalized spacial score (nSPS) is 11.2. The van der Waals surface area contributed by atoms with Gasteiger partial charge in [0.15, 0.2) is 5.69 Å². The average Bonchev–Trinajstić information content (AvgIpc) is 3.51. The van der Waals surface area contributed by atoms with Gasteiger partial charge in [-0.2, -0.15) is 9.78 Å². The van der Waals surface area contributed by atoms with E-state index in [0.29, 0.717) is 23.6 Å². The summed E-state index contributed by atoms with van der Waals surface area (Å²) < 4.78 is 11.5. The van der Waals surface area contributed by atoms with Crippen LogP contribution in [0.1, 0.15) is 23.0 Å². The van der Waals surface area contributed by atoms with Gasteiger partial charge in [0.1, 0.15) is 11.4 Å². The molecule has 11 nitrogen and oxygen atoms in total. The Labute approximate surface area is 199 Å². The number of nitrogen functional groups attached to an aromatic ring is 1. The van der Waals surface area contributed by atoms with E-state index in [2.05, 4.69) is 31.2 Å². The number of amides is 1. The summed E-state index contributed by atoms with van der Waals surface area (Å²) in [5.41, 5.74) is 10.2. The van der Waals surface area contributed by atoms with Gasteiger partial charge in [-0.15, -0.1) is 5.10 Å². The number of carbonyl (C=O) groups is 1. The van der Waals surface area contributed by atoms with Crippen LogP contribution in [0.4, 0.5) is 5.82 Å². The van der Waals surface area contributed by atoms with Crippen molar-refractivity contribution in [2.24, 2.45) is 5.10 Å². The second-order valence-corrected chi connectivity index (χ2v) is 7.40. The summed E-state index contributed by atoms with van der Waals surface area (Å²) in [7, 11) is 0. The SMILES string of the molecule is CCOc1ccc(-c2c(C(=O)N/N=C\c3cccc4ccccc34)nnn2-c2nonc2N)cc1. The topological polar surface area (TPSA) is 146 Å². The lowest BCUT2D eigenvalue weighted by Crippen LogP contribution is -2.19. The maximum atomic E-state index is 13.1. The number of nitrogens with zero attached hydrogens (tertiary/aromatic N) is 6. The predicted molar refractivity (Wildman–Crippen MR) is 129 cm³/mol. The molecule has 2 aromatic heterocycles. The molecular weight excluding hydrogens is 448 g/mol. The number of rotatable bonds is 7. The highest BCUT2D eigenvalue weighted by Crippen LogP contribution is 2.28. The smallest absolute Gasteiger partial charge is 0.294 e. The summed E-state index contributed by atoms with van der Waals surface area (Å²) >= 11 is 0. The van der Waals surface area contributed by atoms with Crippen molar-refractivity contribution >= 4 is 28.7 Å². The Balaban J connectivity index is 1.48. The third-order valence-corrected chi connectivity index (χ3v) is 5.21. The minimum atomic E-state index is -0.563. The zero-order valence-electron chi connectivity index (χ0n) is 18.6. The summed E-state index contributed by atoms with van der Waals surface area (Å²) in [6.45, 7) is 2.43. The second-order valence-electron chi connectivity index (χ2n) is 7.40. The van der Waals surface area contributed by atoms with Crippen LogP contribution < -0.4 is 15.9 Å². The van der Waals surface area contributed by atoms with Gasteiger partial charge in [-0.3, -0.25) is 4.79 Å². The summed E-state index contributed by atoms with van der Waals surface area (Å²) in [4.78, 5) is 13.1. The monoisotopic (exact) mass is 468 g/mol. The molecule has 0 saturated heterocycles. The molecule has 1 amide bonds. The highest BCUT2D eigenvalue weighted by atomic mass is 16.6. The largest absolute Gasteiger partial charge is 0.494 e. The molecule has 0 fully saturated rings. The van der Waals surface area contributed by atoms with Gasteiger partial charge in [-0.1, -0.05) is 47.7 Å². The molecule has 0 radical (unpaired) electrons. The number of hydrazone groups is 1. The van der Waals surface area contributed by atoms with Crippen LogP contribution in [-0.4, -0.2) is 44.0 Å². The summed E-state index contributed by atoms with van der Waals surface area (Å²) in [6.07, 6.45) is 1.58. The molecule has 0 spiro atoms. The Morgan fingerprint density at radius 2 is 1.91 bits per heavy atom. The van der Waals surface area contributed by atoms with Gasteiger partial charge in [0, 0.05) is 11.1 Å². The zero-order valence-corrected chi connectivity index (χ0v) is 18.6. The number of hydrogen-bond donors (Lipinski definition) is 2. The Kier molecular flexibility index (Phi) is 5.87. The molecule has 0 aliphatic rings. The van der Waals surface area contributed by atoms with E-state index in [4.69, 9.17) is 15.1 Å². The molecule has 3 N–H and O–H groups in total. The van der Waals surface area contributed by atoms with Crippen LogP contribution in [0.25, 0.3) is 27.8 Å². The maximum Gasteiger partial charge on any atom is 0.294 e. The van der Waals surface area contributed by atoms with Crippen LogP contribution in [-0.2, 0) is 0 Å². The molecule has 0 aliphatic heterocycles. The van der Waals surface area contributed by atoms with Crippen molar-refractivity contribution in [3.8, 4) is 22.8 Å². The number of fused-ring (bicyclic) bond motifs is 1. The lowest BCUT2D eigenvalue weighted by molar-refractivity contribution is 0.0950. The fraction of sp³-hybridized carbons (Fsp3) is 0.0833. The molecule has 174 valence electrons. The first-order valence-electron chi connectivity index (χ1n) is 10.7. The number of ether oxygens (including phenoxy) is 1. The zero-order chi connectivity index (χ0) is 24.2. The highest BCUT2D eigenvalue weighted by molar-refractivity contribution is 6.01. The Bertz CT molecular complexity index is 1520. The van der Waals surface area contributed by atoms with E-state index < -0.39 is 5.91 Å². The van der Waals surface area contributed by atoms with Crippen LogP contribution in [0, 0.1) is 0 Å². The van der Waals surface area contributed by atoms with Gasteiger partial charge in [0.05, 0.1) is 12.8 Å². The molecule has 0 aliphatic carbocycles. The number of aromatic nitrogens is 5. The van der Waals surface area contributed by atoms with Crippen molar-refractivity contribution in [2.45, 2.75) is 6.92 Å². The molecule has 3 aromatic carbocycles. The fourth-order valence-electron chi connectivity index (χ4n) is 3.63. The van der Waals surface area contributed by atoms with Crippen LogP contribution in [0.2, 0.25) is 0 Å². The van der Waals surface area contributed by atoms with Gasteiger partial charge in [-0.25, -0.2) is 10.1 Å². The van der Waals surface area contributed by atoms with E-state index in [-0.39, 0.29) is 17.3 Å². The maximum absolute atomic E-state index is 13.1. The van der Waals surface area contributed by atoms with Crippen LogP contribution >= 0.6 is 0 Å². The summed E-state index contributed by atoms with van der Waals surface area (Å²) in [5.74, 6) is 0.234. The lowest BCUT2D eigenvalue weighted by atomic mass is 10.1. The quantitative estimate of drug-likeness (QED) is 0.273. The van der Waals surface area contributed by atoms with Crippen molar-refractivity contribution in [1.82, 2.24) is 30.7 Å². The predicted octanol–water partition coefficient (Wildman–Crippen LogP) is 3.22. The van der Waals surface area contributed by atoms with E-state index in [1.807, 2.05) is 49.4 Å². The van der Waals surface area contributed by atoms with Crippen molar-refractivity contribution in [3.63, 3.8) is 0 Å². The molecule has 35 heavy (non-hydrogen) atoms. The highest BCUT2D eigenvalue weighted by Gasteiger charge is 2.25. The Hall–Kier alpha value is -5.06. The van der Waals surface area contributed by atoms with E-state index in [1.54, 1.807) is 30.5 Å². The van der Waals surface area contributed by atoms with Crippen LogP contribution in [0.15, 0.2) is 76.5 Å². The van der Waals surface area contributed by atoms with Gasteiger partial charge in [0.25, 0.3) is 5.91 Å². The first-order valence-corrected chi connectivity index (χ1v) is 10.7. The number of nitrogens with two attached hydrogens (primary N) is 1. The minimum absolute atomic E-state index is 0.00280. The number of nitrogens with one attached hydrogen (secondary N) is 1. The van der Waals surface area contributed by atoms with E-state index in [9.17, 15) is 4.79 Å². The van der Waals surface area contributed by atoms with Crippen LogP contribution in [0.5, 0.6) is 5.75 Å². The van der Waals surface area contributed by atoms with Gasteiger partial charge in [0.2, 0.25) is 11.6 Å². The van der Waals surface area contributed by atoms with Crippen LogP contribution in [0.3, 0.4) is 0 Å². The van der Waals surface area contributed by atoms with Gasteiger partial charge < -0.3 is 10.5 Å².